The molecule has 0 spiro atoms. The summed E-state index contributed by atoms with van der Waals surface area (Å²) < 4.78 is 6.38. The van der Waals surface area contributed by atoms with Crippen LogP contribution >= 0.6 is 23.5 Å². The fourth-order valence-corrected chi connectivity index (χ4v) is 4.88. The van der Waals surface area contributed by atoms with Crippen molar-refractivity contribution < 1.29 is 14.4 Å². The minimum atomic E-state index is -1.07. The van der Waals surface area contributed by atoms with Crippen LogP contribution in [0.25, 0.3) is 0 Å². The van der Waals surface area contributed by atoms with E-state index in [4.69, 9.17) is 0 Å². The average Bonchev–Trinajstić information content (AvgIpc) is 3.76. The van der Waals surface area contributed by atoms with Crippen molar-refractivity contribution in [3.8, 4) is 0 Å². The highest BCUT2D eigenvalue weighted by atomic mass is 32.2. The summed E-state index contributed by atoms with van der Waals surface area (Å²) in [5.41, 5.74) is 0. The van der Waals surface area contributed by atoms with Gasteiger partial charge in [-0.05, 0) is 36.9 Å². The van der Waals surface area contributed by atoms with Crippen LogP contribution in [0.15, 0.2) is 74.9 Å². The summed E-state index contributed by atoms with van der Waals surface area (Å²) in [6, 6.07) is -1.95. The van der Waals surface area contributed by atoms with E-state index < -0.39 is 29.4 Å². The van der Waals surface area contributed by atoms with Gasteiger partial charge in [0.25, 0.3) is 5.78 Å². The van der Waals surface area contributed by atoms with Gasteiger partial charge in [0, 0.05) is 49.6 Å². The van der Waals surface area contributed by atoms with Crippen molar-refractivity contribution >= 4 is 40.9 Å². The van der Waals surface area contributed by atoms with E-state index in [1.807, 2.05) is 12.5 Å². The highest BCUT2D eigenvalue weighted by molar-refractivity contribution is 7.98. The molecule has 2 atom stereocenters. The second-order valence-corrected chi connectivity index (χ2v) is 10.0. The third kappa shape index (κ3) is 5.99. The molecule has 0 N–H and O–H groups in total. The third-order valence-corrected chi connectivity index (χ3v) is 7.00. The summed E-state index contributed by atoms with van der Waals surface area (Å²) in [5.74, 6) is -1.51. The summed E-state index contributed by atoms with van der Waals surface area (Å²) in [6.07, 6.45) is 23.5. The molecule has 0 bridgehead atoms. The van der Waals surface area contributed by atoms with Crippen LogP contribution in [0.5, 0.6) is 0 Å². The standard InChI is InChI=1S/C23H28N10O3S2/c1-37-13-3-19(32(28-9-5-24-15-28)29-10-6-25-16-29)21(34)23(36)22(35)20(4-14-38-2)33(30-11-7-26-17-30)31-12-8-27-18-31/h5-12,15-20H,3-4,13-14H2,1-2H3. The minimum Gasteiger partial charge on any atom is -0.288 e. The molecule has 15 heteroatoms. The van der Waals surface area contributed by atoms with Crippen LogP contribution in [0, 0.1) is 0 Å². The molecule has 0 aliphatic heterocycles. The molecule has 4 aromatic heterocycles. The molecule has 0 aliphatic rings. The quantitative estimate of drug-likeness (QED) is 0.144. The molecule has 4 aromatic rings. The Balaban J connectivity index is 1.69. The maximum absolute atomic E-state index is 13.8. The number of imidazole rings is 4. The van der Waals surface area contributed by atoms with E-state index >= 15 is 0 Å². The number of hydrogen-bond donors (Lipinski definition) is 0. The lowest BCUT2D eigenvalue weighted by atomic mass is 9.98. The van der Waals surface area contributed by atoms with Gasteiger partial charge in [0.2, 0.25) is 11.6 Å². The zero-order chi connectivity index (χ0) is 26.9. The molecule has 13 nitrogen and oxygen atoms in total. The molecule has 4 rings (SSSR count). The van der Waals surface area contributed by atoms with Gasteiger partial charge in [0.1, 0.15) is 37.4 Å². The van der Waals surface area contributed by atoms with E-state index in [-0.39, 0.29) is 0 Å². The van der Waals surface area contributed by atoms with Gasteiger partial charge < -0.3 is 0 Å². The van der Waals surface area contributed by atoms with Crippen LogP contribution in [0.3, 0.4) is 0 Å². The number of carbonyl (C=O) groups is 3. The second-order valence-electron chi connectivity index (χ2n) is 8.06. The fraction of sp³-hybridized carbons (Fsp3) is 0.348. The van der Waals surface area contributed by atoms with Crippen LogP contribution in [0.2, 0.25) is 0 Å². The normalized spacial score (nSPS) is 12.7. The fourth-order valence-electron chi connectivity index (χ4n) is 3.96. The Bertz CT molecular complexity index is 1110. The first kappa shape index (κ1) is 27.2. The molecule has 38 heavy (non-hydrogen) atoms. The zero-order valence-electron chi connectivity index (χ0n) is 20.9. The molecular weight excluding hydrogens is 528 g/mol. The van der Waals surface area contributed by atoms with E-state index in [9.17, 15) is 14.4 Å². The van der Waals surface area contributed by atoms with E-state index in [0.29, 0.717) is 24.3 Å². The summed E-state index contributed by atoms with van der Waals surface area (Å²) in [4.78, 5) is 57.7. The molecule has 0 saturated heterocycles. The van der Waals surface area contributed by atoms with Crippen molar-refractivity contribution in [2.45, 2.75) is 24.9 Å². The highest BCUT2D eigenvalue weighted by Crippen LogP contribution is 2.16. The molecule has 200 valence electrons. The molecule has 2 unspecified atom stereocenters. The number of carbonyl (C=O) groups excluding carboxylic acids is 3. The molecule has 0 radical (unpaired) electrons. The van der Waals surface area contributed by atoms with Crippen LogP contribution in [-0.2, 0) is 14.4 Å². The van der Waals surface area contributed by atoms with Crippen molar-refractivity contribution in [1.82, 2.24) is 38.6 Å². The second kappa shape index (κ2) is 13.1. The number of ketones is 3. The molecule has 0 aliphatic carbocycles. The van der Waals surface area contributed by atoms with Crippen LogP contribution in [0.4, 0.5) is 0 Å². The molecule has 0 fully saturated rings. The molecular formula is C23H28N10O3S2. The summed E-state index contributed by atoms with van der Waals surface area (Å²) in [7, 11) is 0. The highest BCUT2D eigenvalue weighted by Gasteiger charge is 2.40. The summed E-state index contributed by atoms with van der Waals surface area (Å²) in [5, 5.41) is 3.15. The van der Waals surface area contributed by atoms with Gasteiger partial charge in [-0.25, -0.2) is 48.9 Å². The van der Waals surface area contributed by atoms with Crippen molar-refractivity contribution in [2.75, 3.05) is 34.3 Å². The first-order chi connectivity index (χ1) is 18.6. The lowest BCUT2D eigenvalue weighted by Gasteiger charge is -2.34. The Morgan fingerprint density at radius 3 is 1.18 bits per heavy atom. The van der Waals surface area contributed by atoms with Crippen LogP contribution < -0.4 is 10.2 Å². The SMILES string of the molecule is CSCCC(C(=O)C(=O)C(=O)C(CCSC)N(n1ccnc1)n1ccnc1)N(n1ccnc1)n1ccnc1. The Morgan fingerprint density at radius 1 is 0.632 bits per heavy atom. The largest absolute Gasteiger partial charge is 0.288 e. The van der Waals surface area contributed by atoms with E-state index in [1.54, 1.807) is 102 Å². The number of aromatic nitrogens is 8. The monoisotopic (exact) mass is 556 g/mol. The van der Waals surface area contributed by atoms with Crippen molar-refractivity contribution in [3.63, 3.8) is 0 Å². The minimum absolute atomic E-state index is 0.317. The zero-order valence-corrected chi connectivity index (χ0v) is 22.6. The number of hydrogen-bond acceptors (Lipinski definition) is 11. The molecule has 4 heterocycles. The van der Waals surface area contributed by atoms with Crippen molar-refractivity contribution in [2.24, 2.45) is 0 Å². The van der Waals surface area contributed by atoms with Crippen LogP contribution in [-0.4, -0.2) is 92.1 Å². The lowest BCUT2D eigenvalue weighted by Crippen LogP contribution is -2.57. The van der Waals surface area contributed by atoms with Gasteiger partial charge in [-0.3, -0.25) is 14.4 Å². The molecule has 0 saturated carbocycles. The van der Waals surface area contributed by atoms with E-state index in [0.717, 1.165) is 0 Å². The summed E-state index contributed by atoms with van der Waals surface area (Å²) >= 11 is 3.08. The topological polar surface area (TPSA) is 129 Å². The molecule has 0 aromatic carbocycles. The van der Waals surface area contributed by atoms with E-state index in [1.165, 1.54) is 25.3 Å². The smallest absolute Gasteiger partial charge is 0.268 e. The summed E-state index contributed by atoms with van der Waals surface area (Å²) in [6.45, 7) is 0. The van der Waals surface area contributed by atoms with Gasteiger partial charge in [0.15, 0.2) is 0 Å². The predicted octanol–water partition coefficient (Wildman–Crippen LogP) is 0.926. The Hall–Kier alpha value is -3.85. The average molecular weight is 557 g/mol. The maximum Gasteiger partial charge on any atom is 0.268 e. The van der Waals surface area contributed by atoms with Gasteiger partial charge in [-0.15, -0.1) is 0 Å². The Labute approximate surface area is 227 Å². The Morgan fingerprint density at radius 2 is 0.947 bits per heavy atom. The number of nitrogens with zero attached hydrogens (tertiary/aromatic N) is 10. The van der Waals surface area contributed by atoms with E-state index in [2.05, 4.69) is 19.9 Å². The van der Waals surface area contributed by atoms with Gasteiger partial charge in [0.05, 0.1) is 0 Å². The maximum atomic E-state index is 13.8. The first-order valence-electron chi connectivity index (χ1n) is 11.7. The first-order valence-corrected chi connectivity index (χ1v) is 14.5. The number of rotatable bonds is 16. The van der Waals surface area contributed by atoms with Crippen molar-refractivity contribution in [3.05, 3.63) is 74.9 Å². The predicted molar refractivity (Wildman–Crippen MR) is 145 cm³/mol. The van der Waals surface area contributed by atoms with Gasteiger partial charge in [-0.2, -0.15) is 23.5 Å². The van der Waals surface area contributed by atoms with Crippen LogP contribution in [0.1, 0.15) is 12.8 Å². The number of thioether (sulfide) groups is 2. The van der Waals surface area contributed by atoms with Crippen molar-refractivity contribution in [1.29, 1.82) is 0 Å². The lowest BCUT2D eigenvalue weighted by molar-refractivity contribution is -0.145. The van der Waals surface area contributed by atoms with Gasteiger partial charge >= 0.3 is 0 Å². The molecule has 0 amide bonds. The third-order valence-electron chi connectivity index (χ3n) is 5.71. The number of Topliss-reactive ketones (excluding diaryl/α,β-unsaturated/α-hetero) is 3. The Kier molecular flexibility index (Phi) is 9.37. The van der Waals surface area contributed by atoms with Gasteiger partial charge in [-0.1, -0.05) is 0 Å².